The molecule has 27 heavy (non-hydrogen) atoms. The highest BCUT2D eigenvalue weighted by Gasteiger charge is 2.26. The van der Waals surface area contributed by atoms with Gasteiger partial charge in [-0.05, 0) is 24.6 Å². The van der Waals surface area contributed by atoms with Crippen molar-refractivity contribution < 1.29 is 27.6 Å². The summed E-state index contributed by atoms with van der Waals surface area (Å²) in [6.07, 6.45) is -0.209. The Bertz CT molecular complexity index is 931. The van der Waals surface area contributed by atoms with Gasteiger partial charge in [0.15, 0.2) is 0 Å². The molecule has 1 N–H and O–H groups in total. The van der Waals surface area contributed by atoms with Gasteiger partial charge >= 0.3 is 5.97 Å². The third-order valence-electron chi connectivity index (χ3n) is 3.79. The van der Waals surface area contributed by atoms with E-state index in [2.05, 4.69) is 0 Å². The summed E-state index contributed by atoms with van der Waals surface area (Å²) in [6, 6.07) is 9.98. The van der Waals surface area contributed by atoms with Crippen molar-refractivity contribution in [1.29, 1.82) is 0 Å². The van der Waals surface area contributed by atoms with Crippen LogP contribution in [0.2, 0.25) is 0 Å². The average molecular weight is 396 g/mol. The summed E-state index contributed by atoms with van der Waals surface area (Å²) in [7, 11) is -4.11. The third-order valence-corrected chi connectivity index (χ3v) is 5.65. The lowest BCUT2D eigenvalue weighted by Gasteiger charge is -2.22. The van der Waals surface area contributed by atoms with Gasteiger partial charge in [-0.1, -0.05) is 18.2 Å². The van der Waals surface area contributed by atoms with Crippen LogP contribution in [-0.4, -0.2) is 35.3 Å². The lowest BCUT2D eigenvalue weighted by atomic mass is 10.2. The molecule has 0 aliphatic carbocycles. The van der Waals surface area contributed by atoms with E-state index < -0.39 is 26.7 Å². The summed E-state index contributed by atoms with van der Waals surface area (Å²) < 4.78 is 40.7. The van der Waals surface area contributed by atoms with E-state index in [1.807, 2.05) is 0 Å². The number of nitrogens with zero attached hydrogens (tertiary/aromatic N) is 2. The molecule has 144 valence electrons. The van der Waals surface area contributed by atoms with Gasteiger partial charge in [0, 0.05) is 37.2 Å². The molecule has 0 saturated heterocycles. The average Bonchev–Trinajstić information content (AvgIpc) is 2.62. The molecule has 2 aromatic carbocycles. The maximum atomic E-state index is 13.9. The van der Waals surface area contributed by atoms with E-state index in [1.165, 1.54) is 18.2 Å². The standard InChI is InChI=1S/C17H17FN2O6S/c18-16-5-2-1-4-13(16)12-19(11-3-6-17(21)22)27(25,26)15-9-7-14(8-10-15)20(23)24/h1-2,4-5,7-10H,3,6,11-12H2,(H,21,22). The highest BCUT2D eigenvalue weighted by atomic mass is 32.2. The number of benzene rings is 2. The molecule has 0 aliphatic rings. The number of aliphatic carboxylic acids is 1. The molecular formula is C17H17FN2O6S. The van der Waals surface area contributed by atoms with Gasteiger partial charge in [-0.15, -0.1) is 0 Å². The lowest BCUT2D eigenvalue weighted by molar-refractivity contribution is -0.384. The predicted molar refractivity (Wildman–Crippen MR) is 94.0 cm³/mol. The number of non-ortho nitro benzene ring substituents is 1. The van der Waals surface area contributed by atoms with E-state index in [0.29, 0.717) is 0 Å². The Morgan fingerprint density at radius 2 is 1.78 bits per heavy atom. The zero-order valence-corrected chi connectivity index (χ0v) is 14.9. The number of hydrogen-bond donors (Lipinski definition) is 1. The van der Waals surface area contributed by atoms with Crippen molar-refractivity contribution in [3.05, 3.63) is 70.0 Å². The number of nitro benzene ring substituents is 1. The minimum absolute atomic E-state index is 0.0377. The van der Waals surface area contributed by atoms with Gasteiger partial charge in [0.05, 0.1) is 9.82 Å². The number of halogens is 1. The van der Waals surface area contributed by atoms with Crippen LogP contribution in [0.1, 0.15) is 18.4 Å². The maximum Gasteiger partial charge on any atom is 0.303 e. The van der Waals surface area contributed by atoms with Crippen LogP contribution in [0.25, 0.3) is 0 Å². The monoisotopic (exact) mass is 396 g/mol. The number of carboxylic acids is 1. The van der Waals surface area contributed by atoms with Gasteiger partial charge in [-0.2, -0.15) is 4.31 Å². The van der Waals surface area contributed by atoms with E-state index in [1.54, 1.807) is 6.07 Å². The molecule has 0 unspecified atom stereocenters. The Hall–Kier alpha value is -2.85. The predicted octanol–water partition coefficient (Wildman–Crippen LogP) is 2.79. The summed E-state index contributed by atoms with van der Waals surface area (Å²) in [5.41, 5.74) is -0.126. The van der Waals surface area contributed by atoms with Crippen molar-refractivity contribution in [2.75, 3.05) is 6.54 Å². The van der Waals surface area contributed by atoms with Crippen molar-refractivity contribution >= 4 is 21.7 Å². The number of carboxylic acid groups (broad SMARTS) is 1. The second-order valence-corrected chi connectivity index (χ2v) is 7.62. The SMILES string of the molecule is O=C(O)CCCN(Cc1ccccc1F)S(=O)(=O)c1ccc([N+](=O)[O-])cc1. The van der Waals surface area contributed by atoms with Gasteiger partial charge < -0.3 is 5.11 Å². The van der Waals surface area contributed by atoms with Crippen molar-refractivity contribution in [3.8, 4) is 0 Å². The number of nitro groups is 1. The molecule has 0 bridgehead atoms. The molecule has 0 spiro atoms. The first kappa shape index (κ1) is 20.5. The summed E-state index contributed by atoms with van der Waals surface area (Å²) >= 11 is 0. The van der Waals surface area contributed by atoms with Gasteiger partial charge in [-0.3, -0.25) is 14.9 Å². The van der Waals surface area contributed by atoms with Gasteiger partial charge in [0.1, 0.15) is 5.82 Å². The highest BCUT2D eigenvalue weighted by Crippen LogP contribution is 2.22. The van der Waals surface area contributed by atoms with E-state index >= 15 is 0 Å². The third kappa shape index (κ3) is 5.31. The van der Waals surface area contributed by atoms with Gasteiger partial charge in [-0.25, -0.2) is 12.8 Å². The fourth-order valence-electron chi connectivity index (χ4n) is 2.40. The minimum Gasteiger partial charge on any atom is -0.481 e. The Labute approximate surface area is 155 Å². The first-order valence-corrected chi connectivity index (χ1v) is 9.35. The first-order valence-electron chi connectivity index (χ1n) is 7.91. The number of carbonyl (C=O) groups is 1. The molecule has 2 aromatic rings. The smallest absolute Gasteiger partial charge is 0.303 e. The van der Waals surface area contributed by atoms with Gasteiger partial charge in [0.2, 0.25) is 10.0 Å². The van der Waals surface area contributed by atoms with Crippen molar-refractivity contribution in [2.24, 2.45) is 0 Å². The Kier molecular flexibility index (Phi) is 6.59. The fourth-order valence-corrected chi connectivity index (χ4v) is 3.85. The normalized spacial score (nSPS) is 11.5. The second-order valence-electron chi connectivity index (χ2n) is 5.68. The molecule has 0 fully saturated rings. The molecule has 0 saturated carbocycles. The van der Waals surface area contributed by atoms with Crippen LogP contribution >= 0.6 is 0 Å². The molecule has 0 atom stereocenters. The van der Waals surface area contributed by atoms with Crippen LogP contribution in [-0.2, 0) is 21.4 Å². The van der Waals surface area contributed by atoms with E-state index in [-0.39, 0.29) is 42.1 Å². The quantitative estimate of drug-likeness (QED) is 0.514. The van der Waals surface area contributed by atoms with Gasteiger partial charge in [0.25, 0.3) is 5.69 Å². The molecule has 10 heteroatoms. The van der Waals surface area contributed by atoms with Crippen LogP contribution in [0.5, 0.6) is 0 Å². The molecule has 8 nitrogen and oxygen atoms in total. The summed E-state index contributed by atoms with van der Waals surface area (Å²) in [4.78, 5) is 20.6. The number of rotatable bonds is 9. The Balaban J connectivity index is 2.33. The highest BCUT2D eigenvalue weighted by molar-refractivity contribution is 7.89. The Morgan fingerprint density at radius 3 is 2.33 bits per heavy atom. The van der Waals surface area contributed by atoms with E-state index in [9.17, 15) is 27.7 Å². The number of hydrogen-bond acceptors (Lipinski definition) is 5. The molecule has 0 amide bonds. The summed E-state index contributed by atoms with van der Waals surface area (Å²) in [5.74, 6) is -1.66. The van der Waals surface area contributed by atoms with E-state index in [4.69, 9.17) is 5.11 Å². The van der Waals surface area contributed by atoms with Crippen LogP contribution in [0.3, 0.4) is 0 Å². The number of sulfonamides is 1. The van der Waals surface area contributed by atoms with E-state index in [0.717, 1.165) is 28.6 Å². The largest absolute Gasteiger partial charge is 0.481 e. The van der Waals surface area contributed by atoms with Crippen LogP contribution in [0.15, 0.2) is 53.4 Å². The minimum atomic E-state index is -4.11. The first-order chi connectivity index (χ1) is 12.7. The van der Waals surface area contributed by atoms with Crippen LogP contribution < -0.4 is 0 Å². The molecular weight excluding hydrogens is 379 g/mol. The van der Waals surface area contributed by atoms with Crippen LogP contribution in [0, 0.1) is 15.9 Å². The zero-order chi connectivity index (χ0) is 20.0. The topological polar surface area (TPSA) is 118 Å². The molecule has 0 radical (unpaired) electrons. The molecule has 0 heterocycles. The lowest BCUT2D eigenvalue weighted by Crippen LogP contribution is -2.32. The summed E-state index contributed by atoms with van der Waals surface area (Å²) in [6.45, 7) is -0.425. The van der Waals surface area contributed by atoms with Crippen molar-refractivity contribution in [1.82, 2.24) is 4.31 Å². The van der Waals surface area contributed by atoms with Crippen molar-refractivity contribution in [3.63, 3.8) is 0 Å². The second kappa shape index (κ2) is 8.69. The Morgan fingerprint density at radius 1 is 1.15 bits per heavy atom. The maximum absolute atomic E-state index is 13.9. The zero-order valence-electron chi connectivity index (χ0n) is 14.1. The van der Waals surface area contributed by atoms with Crippen molar-refractivity contribution in [2.45, 2.75) is 24.3 Å². The molecule has 0 aromatic heterocycles. The molecule has 2 rings (SSSR count). The fraction of sp³-hybridized carbons (Fsp3) is 0.235. The van der Waals surface area contributed by atoms with Crippen LogP contribution in [0.4, 0.5) is 10.1 Å². The molecule has 0 aliphatic heterocycles. The summed E-state index contributed by atoms with van der Waals surface area (Å²) in [5, 5.41) is 19.5.